The van der Waals surface area contributed by atoms with Gasteiger partial charge in [0.2, 0.25) is 0 Å². The first kappa shape index (κ1) is 9.19. The molecule has 0 amide bonds. The minimum Gasteiger partial charge on any atom is -0.372 e. The zero-order valence-electron chi connectivity index (χ0n) is 8.06. The Morgan fingerprint density at radius 2 is 2.54 bits per heavy atom. The summed E-state index contributed by atoms with van der Waals surface area (Å²) in [5, 5.41) is 2.13. The SMILES string of the molecule is CC(c1cccs1)N(C)CC1CO1. The highest BCUT2D eigenvalue weighted by molar-refractivity contribution is 7.10. The molecular weight excluding hydrogens is 182 g/mol. The van der Waals surface area contributed by atoms with Crippen LogP contribution in [0.5, 0.6) is 0 Å². The standard InChI is InChI=1S/C10H15NOS/c1-8(10-4-3-5-13-10)11(2)6-9-7-12-9/h3-5,8-9H,6-7H2,1-2H3. The van der Waals surface area contributed by atoms with Crippen molar-refractivity contribution in [2.75, 3.05) is 20.2 Å². The van der Waals surface area contributed by atoms with Crippen LogP contribution in [0, 0.1) is 0 Å². The molecule has 13 heavy (non-hydrogen) atoms. The summed E-state index contributed by atoms with van der Waals surface area (Å²) in [6.45, 7) is 4.24. The van der Waals surface area contributed by atoms with Crippen molar-refractivity contribution >= 4 is 11.3 Å². The molecule has 2 nitrogen and oxygen atoms in total. The smallest absolute Gasteiger partial charge is 0.0936 e. The summed E-state index contributed by atoms with van der Waals surface area (Å²) in [5.41, 5.74) is 0. The monoisotopic (exact) mass is 197 g/mol. The highest BCUT2D eigenvalue weighted by Gasteiger charge is 2.26. The van der Waals surface area contributed by atoms with E-state index in [-0.39, 0.29) is 0 Å². The average molecular weight is 197 g/mol. The predicted octanol–water partition coefficient (Wildman–Crippen LogP) is 2.14. The molecule has 1 aromatic heterocycles. The number of hydrogen-bond acceptors (Lipinski definition) is 3. The largest absolute Gasteiger partial charge is 0.372 e. The highest BCUT2D eigenvalue weighted by atomic mass is 32.1. The van der Waals surface area contributed by atoms with Gasteiger partial charge in [0.15, 0.2) is 0 Å². The molecule has 0 saturated carbocycles. The Balaban J connectivity index is 1.91. The second-order valence-electron chi connectivity index (χ2n) is 3.59. The van der Waals surface area contributed by atoms with Gasteiger partial charge in [0.05, 0.1) is 12.7 Å². The van der Waals surface area contributed by atoms with Crippen LogP contribution in [0.4, 0.5) is 0 Å². The molecule has 1 aliphatic heterocycles. The molecule has 1 aromatic rings. The molecule has 1 aliphatic rings. The molecule has 0 aliphatic carbocycles. The first-order valence-corrected chi connectivity index (χ1v) is 5.50. The molecule has 0 spiro atoms. The van der Waals surface area contributed by atoms with Crippen LogP contribution < -0.4 is 0 Å². The number of ether oxygens (including phenoxy) is 1. The van der Waals surface area contributed by atoms with Crippen molar-refractivity contribution in [2.24, 2.45) is 0 Å². The molecule has 0 bridgehead atoms. The van der Waals surface area contributed by atoms with Gasteiger partial charge in [-0.3, -0.25) is 4.90 Å². The van der Waals surface area contributed by atoms with Gasteiger partial charge in [-0.15, -0.1) is 11.3 Å². The summed E-state index contributed by atoms with van der Waals surface area (Å²) in [7, 11) is 2.16. The van der Waals surface area contributed by atoms with E-state index in [9.17, 15) is 0 Å². The molecule has 0 aromatic carbocycles. The Morgan fingerprint density at radius 3 is 3.08 bits per heavy atom. The van der Waals surface area contributed by atoms with Crippen LogP contribution in [0.1, 0.15) is 17.8 Å². The first-order chi connectivity index (χ1) is 6.27. The summed E-state index contributed by atoms with van der Waals surface area (Å²) in [4.78, 5) is 3.78. The summed E-state index contributed by atoms with van der Waals surface area (Å²) in [6, 6.07) is 4.82. The van der Waals surface area contributed by atoms with Gasteiger partial charge in [-0.25, -0.2) is 0 Å². The van der Waals surface area contributed by atoms with Gasteiger partial charge >= 0.3 is 0 Å². The Morgan fingerprint density at radius 1 is 1.77 bits per heavy atom. The molecule has 2 atom stereocenters. The van der Waals surface area contributed by atoms with E-state index in [1.165, 1.54) is 4.88 Å². The molecule has 2 unspecified atom stereocenters. The maximum Gasteiger partial charge on any atom is 0.0936 e. The molecule has 1 saturated heterocycles. The second kappa shape index (κ2) is 3.78. The molecule has 1 fully saturated rings. The molecule has 72 valence electrons. The van der Waals surface area contributed by atoms with Gasteiger partial charge in [-0.05, 0) is 25.4 Å². The van der Waals surface area contributed by atoms with Crippen LogP contribution >= 0.6 is 11.3 Å². The number of likely N-dealkylation sites (N-methyl/N-ethyl adjacent to an activating group) is 1. The number of hydrogen-bond donors (Lipinski definition) is 0. The van der Waals surface area contributed by atoms with E-state index in [0.29, 0.717) is 12.1 Å². The zero-order chi connectivity index (χ0) is 9.26. The van der Waals surface area contributed by atoms with Gasteiger partial charge in [0.25, 0.3) is 0 Å². The van der Waals surface area contributed by atoms with Gasteiger partial charge in [-0.2, -0.15) is 0 Å². The lowest BCUT2D eigenvalue weighted by molar-refractivity contribution is 0.234. The number of thiophene rings is 1. The Bertz CT molecular complexity index is 256. The van der Waals surface area contributed by atoms with Crippen LogP contribution in [-0.2, 0) is 4.74 Å². The maximum absolute atomic E-state index is 5.21. The summed E-state index contributed by atoms with van der Waals surface area (Å²) in [5.74, 6) is 0. The fraction of sp³-hybridized carbons (Fsp3) is 0.600. The molecular formula is C10H15NOS. The van der Waals surface area contributed by atoms with Gasteiger partial charge in [0, 0.05) is 17.5 Å². The number of rotatable bonds is 4. The van der Waals surface area contributed by atoms with E-state index in [0.717, 1.165) is 13.2 Å². The third kappa shape index (κ3) is 2.30. The first-order valence-electron chi connectivity index (χ1n) is 4.62. The lowest BCUT2D eigenvalue weighted by atomic mass is 10.2. The summed E-state index contributed by atoms with van der Waals surface area (Å²) in [6.07, 6.45) is 0.493. The average Bonchev–Trinajstić information content (AvgIpc) is 2.78. The van der Waals surface area contributed by atoms with Crippen LogP contribution in [0.2, 0.25) is 0 Å². The quantitative estimate of drug-likeness (QED) is 0.687. The lowest BCUT2D eigenvalue weighted by Crippen LogP contribution is -2.26. The second-order valence-corrected chi connectivity index (χ2v) is 4.57. The van der Waals surface area contributed by atoms with Crippen molar-refractivity contribution in [2.45, 2.75) is 19.1 Å². The molecule has 3 heteroatoms. The minimum absolute atomic E-state index is 0.493. The lowest BCUT2D eigenvalue weighted by Gasteiger charge is -2.22. The Hall–Kier alpha value is -0.380. The van der Waals surface area contributed by atoms with E-state index < -0.39 is 0 Å². The van der Waals surface area contributed by atoms with Crippen molar-refractivity contribution in [1.29, 1.82) is 0 Å². The van der Waals surface area contributed by atoms with Crippen molar-refractivity contribution in [3.8, 4) is 0 Å². The van der Waals surface area contributed by atoms with Crippen molar-refractivity contribution in [1.82, 2.24) is 4.90 Å². The maximum atomic E-state index is 5.21. The number of epoxide rings is 1. The topological polar surface area (TPSA) is 15.8 Å². The molecule has 0 radical (unpaired) electrons. The zero-order valence-corrected chi connectivity index (χ0v) is 8.88. The van der Waals surface area contributed by atoms with Crippen LogP contribution in [-0.4, -0.2) is 31.2 Å². The van der Waals surface area contributed by atoms with Crippen LogP contribution in [0.3, 0.4) is 0 Å². The van der Waals surface area contributed by atoms with Crippen molar-refractivity contribution < 1.29 is 4.74 Å². The van der Waals surface area contributed by atoms with E-state index in [1.54, 1.807) is 0 Å². The van der Waals surface area contributed by atoms with Crippen molar-refractivity contribution in [3.05, 3.63) is 22.4 Å². The van der Waals surface area contributed by atoms with E-state index in [4.69, 9.17) is 4.74 Å². The highest BCUT2D eigenvalue weighted by Crippen LogP contribution is 2.24. The van der Waals surface area contributed by atoms with Crippen LogP contribution in [0.25, 0.3) is 0 Å². The van der Waals surface area contributed by atoms with Gasteiger partial charge < -0.3 is 4.74 Å². The molecule has 2 rings (SSSR count). The van der Waals surface area contributed by atoms with Crippen molar-refractivity contribution in [3.63, 3.8) is 0 Å². The normalized spacial score (nSPS) is 23.5. The van der Waals surface area contributed by atoms with E-state index in [1.807, 2.05) is 11.3 Å². The van der Waals surface area contributed by atoms with Crippen LogP contribution in [0.15, 0.2) is 17.5 Å². The number of nitrogens with zero attached hydrogens (tertiary/aromatic N) is 1. The third-order valence-electron chi connectivity index (χ3n) is 2.51. The summed E-state index contributed by atoms with van der Waals surface area (Å²) >= 11 is 1.82. The van der Waals surface area contributed by atoms with E-state index in [2.05, 4.69) is 36.4 Å². The Kier molecular flexibility index (Phi) is 2.67. The van der Waals surface area contributed by atoms with Gasteiger partial charge in [0.1, 0.15) is 0 Å². The molecule has 0 N–H and O–H groups in total. The summed E-state index contributed by atoms with van der Waals surface area (Å²) < 4.78 is 5.21. The fourth-order valence-corrected chi connectivity index (χ4v) is 2.25. The minimum atomic E-state index is 0.493. The van der Waals surface area contributed by atoms with E-state index >= 15 is 0 Å². The van der Waals surface area contributed by atoms with Gasteiger partial charge in [-0.1, -0.05) is 6.07 Å². The predicted molar refractivity (Wildman–Crippen MR) is 55.1 cm³/mol. The molecule has 2 heterocycles. The fourth-order valence-electron chi connectivity index (χ4n) is 1.40. The third-order valence-corrected chi connectivity index (χ3v) is 3.55. The Labute approximate surface area is 83.1 Å².